The van der Waals surface area contributed by atoms with Gasteiger partial charge in [-0.1, -0.05) is 6.07 Å². The van der Waals surface area contributed by atoms with Gasteiger partial charge in [-0.25, -0.2) is 0 Å². The topological polar surface area (TPSA) is 30.5 Å². The summed E-state index contributed by atoms with van der Waals surface area (Å²) in [7, 11) is 0. The Morgan fingerprint density at radius 3 is 2.94 bits per heavy atom. The van der Waals surface area contributed by atoms with Crippen molar-refractivity contribution in [2.45, 2.75) is 24.6 Å². The van der Waals surface area contributed by atoms with Crippen molar-refractivity contribution in [3.8, 4) is 11.5 Å². The molecule has 2 aliphatic rings. The maximum atomic E-state index is 5.59. The maximum absolute atomic E-state index is 5.59. The minimum absolute atomic E-state index is 0.655. The van der Waals surface area contributed by atoms with Crippen LogP contribution in [0.25, 0.3) is 0 Å². The Morgan fingerprint density at radius 2 is 2.11 bits per heavy atom. The van der Waals surface area contributed by atoms with E-state index in [1.807, 2.05) is 6.07 Å². The molecule has 1 saturated heterocycles. The summed E-state index contributed by atoms with van der Waals surface area (Å²) >= 11 is 2.09. The van der Waals surface area contributed by atoms with E-state index in [-0.39, 0.29) is 0 Å². The summed E-state index contributed by atoms with van der Waals surface area (Å²) in [5.74, 6) is 3.09. The lowest BCUT2D eigenvalue weighted by atomic mass is 10.2. The number of hydrogen-bond donors (Lipinski definition) is 1. The first-order valence-electron chi connectivity index (χ1n) is 6.63. The second-order valence-electron chi connectivity index (χ2n) is 4.74. The SMILES string of the molecule is c1cc2c(cc1CNC[C@@H]1CCCS1)OCCO2. The van der Waals surface area contributed by atoms with E-state index in [0.717, 1.165) is 29.8 Å². The molecule has 98 valence electrons. The van der Waals surface area contributed by atoms with Gasteiger partial charge in [0, 0.05) is 18.3 Å². The van der Waals surface area contributed by atoms with Gasteiger partial charge in [0.25, 0.3) is 0 Å². The molecule has 0 bridgehead atoms. The number of hydrogen-bond acceptors (Lipinski definition) is 4. The summed E-state index contributed by atoms with van der Waals surface area (Å²) in [6, 6.07) is 6.21. The summed E-state index contributed by atoms with van der Waals surface area (Å²) in [6.07, 6.45) is 2.74. The van der Waals surface area contributed by atoms with Crippen molar-refractivity contribution < 1.29 is 9.47 Å². The van der Waals surface area contributed by atoms with Gasteiger partial charge in [-0.3, -0.25) is 0 Å². The van der Waals surface area contributed by atoms with Crippen LogP contribution >= 0.6 is 11.8 Å². The van der Waals surface area contributed by atoms with Crippen LogP contribution in [0, 0.1) is 0 Å². The normalized spacial score (nSPS) is 22.1. The number of rotatable bonds is 4. The minimum Gasteiger partial charge on any atom is -0.486 e. The van der Waals surface area contributed by atoms with Crippen molar-refractivity contribution >= 4 is 11.8 Å². The van der Waals surface area contributed by atoms with Crippen LogP contribution in [-0.2, 0) is 6.54 Å². The van der Waals surface area contributed by atoms with E-state index < -0.39 is 0 Å². The van der Waals surface area contributed by atoms with Crippen molar-refractivity contribution in [2.24, 2.45) is 0 Å². The third-order valence-corrected chi connectivity index (χ3v) is 4.73. The highest BCUT2D eigenvalue weighted by atomic mass is 32.2. The van der Waals surface area contributed by atoms with Gasteiger partial charge in [-0.05, 0) is 36.3 Å². The van der Waals surface area contributed by atoms with Gasteiger partial charge in [0.05, 0.1) is 0 Å². The van der Waals surface area contributed by atoms with Crippen molar-refractivity contribution in [3.05, 3.63) is 23.8 Å². The molecule has 18 heavy (non-hydrogen) atoms. The molecule has 1 aromatic carbocycles. The molecule has 1 N–H and O–H groups in total. The van der Waals surface area contributed by atoms with E-state index in [9.17, 15) is 0 Å². The zero-order valence-corrected chi connectivity index (χ0v) is 11.3. The van der Waals surface area contributed by atoms with Gasteiger partial charge in [0.15, 0.2) is 11.5 Å². The zero-order valence-electron chi connectivity index (χ0n) is 10.5. The minimum atomic E-state index is 0.655. The maximum Gasteiger partial charge on any atom is 0.161 e. The lowest BCUT2D eigenvalue weighted by molar-refractivity contribution is 0.171. The van der Waals surface area contributed by atoms with Crippen LogP contribution < -0.4 is 14.8 Å². The fraction of sp³-hybridized carbons (Fsp3) is 0.571. The third kappa shape index (κ3) is 2.93. The van der Waals surface area contributed by atoms with Crippen LogP contribution in [0.2, 0.25) is 0 Å². The quantitative estimate of drug-likeness (QED) is 0.906. The summed E-state index contributed by atoms with van der Waals surface area (Å²) in [5, 5.41) is 4.34. The number of benzene rings is 1. The highest BCUT2D eigenvalue weighted by Crippen LogP contribution is 2.30. The summed E-state index contributed by atoms with van der Waals surface area (Å²) in [5.41, 5.74) is 1.27. The molecular weight excluding hydrogens is 246 g/mol. The number of thioether (sulfide) groups is 1. The van der Waals surface area contributed by atoms with E-state index >= 15 is 0 Å². The summed E-state index contributed by atoms with van der Waals surface area (Å²) in [4.78, 5) is 0. The molecule has 0 saturated carbocycles. The number of fused-ring (bicyclic) bond motifs is 1. The standard InChI is InChI=1S/C14H19NO2S/c1-2-12(18-7-1)10-15-9-11-3-4-13-14(8-11)17-6-5-16-13/h3-4,8,12,15H,1-2,5-7,9-10H2/t12-/m0/s1. The monoisotopic (exact) mass is 265 g/mol. The molecule has 0 aromatic heterocycles. The van der Waals surface area contributed by atoms with Crippen LogP contribution in [0.1, 0.15) is 18.4 Å². The molecule has 0 spiro atoms. The molecule has 1 atom stereocenters. The average molecular weight is 265 g/mol. The van der Waals surface area contributed by atoms with E-state index in [2.05, 4.69) is 29.2 Å². The zero-order chi connectivity index (χ0) is 12.2. The molecule has 0 amide bonds. The Kier molecular flexibility index (Phi) is 3.96. The second-order valence-corrected chi connectivity index (χ2v) is 6.15. The van der Waals surface area contributed by atoms with Gasteiger partial charge in [-0.15, -0.1) is 0 Å². The van der Waals surface area contributed by atoms with Crippen molar-refractivity contribution in [1.82, 2.24) is 5.32 Å². The van der Waals surface area contributed by atoms with Crippen LogP contribution in [0.3, 0.4) is 0 Å². The van der Waals surface area contributed by atoms with Gasteiger partial charge in [0.2, 0.25) is 0 Å². The second kappa shape index (κ2) is 5.85. The van der Waals surface area contributed by atoms with Crippen molar-refractivity contribution in [1.29, 1.82) is 0 Å². The Labute approximate surface area is 112 Å². The lowest BCUT2D eigenvalue weighted by Gasteiger charge is -2.19. The highest BCUT2D eigenvalue weighted by Gasteiger charge is 2.15. The van der Waals surface area contributed by atoms with E-state index in [1.165, 1.54) is 24.2 Å². The van der Waals surface area contributed by atoms with Gasteiger partial charge in [0.1, 0.15) is 13.2 Å². The Morgan fingerprint density at radius 1 is 1.22 bits per heavy atom. The number of ether oxygens (including phenoxy) is 2. The van der Waals surface area contributed by atoms with E-state index in [4.69, 9.17) is 9.47 Å². The molecule has 0 aliphatic carbocycles. The molecule has 1 aromatic rings. The lowest BCUT2D eigenvalue weighted by Crippen LogP contribution is -2.23. The van der Waals surface area contributed by atoms with Crippen molar-refractivity contribution in [2.75, 3.05) is 25.5 Å². The predicted molar refractivity (Wildman–Crippen MR) is 74.6 cm³/mol. The van der Waals surface area contributed by atoms with Crippen LogP contribution in [-0.4, -0.2) is 30.8 Å². The largest absolute Gasteiger partial charge is 0.486 e. The Balaban J connectivity index is 1.52. The molecule has 3 nitrogen and oxygen atoms in total. The number of nitrogens with one attached hydrogen (secondary N) is 1. The first-order valence-corrected chi connectivity index (χ1v) is 7.67. The summed E-state index contributed by atoms with van der Waals surface area (Å²) < 4.78 is 11.1. The van der Waals surface area contributed by atoms with Crippen LogP contribution in [0.5, 0.6) is 11.5 Å². The molecular formula is C14H19NO2S. The fourth-order valence-electron chi connectivity index (χ4n) is 2.38. The van der Waals surface area contributed by atoms with Crippen molar-refractivity contribution in [3.63, 3.8) is 0 Å². The fourth-order valence-corrected chi connectivity index (χ4v) is 3.62. The molecule has 4 heteroatoms. The molecule has 2 heterocycles. The van der Waals surface area contributed by atoms with Gasteiger partial charge >= 0.3 is 0 Å². The first kappa shape index (κ1) is 12.2. The average Bonchev–Trinajstić information content (AvgIpc) is 2.92. The molecule has 1 fully saturated rings. The predicted octanol–water partition coefficient (Wildman–Crippen LogP) is 2.44. The smallest absolute Gasteiger partial charge is 0.161 e. The third-order valence-electron chi connectivity index (χ3n) is 3.33. The van der Waals surface area contributed by atoms with Crippen LogP contribution in [0.15, 0.2) is 18.2 Å². The first-order chi connectivity index (χ1) is 8.92. The highest BCUT2D eigenvalue weighted by molar-refractivity contribution is 8.00. The molecule has 0 unspecified atom stereocenters. The Bertz CT molecular complexity index is 405. The Hall–Kier alpha value is -0.870. The molecule has 0 radical (unpaired) electrons. The van der Waals surface area contributed by atoms with Crippen LogP contribution in [0.4, 0.5) is 0 Å². The molecule has 2 aliphatic heterocycles. The van der Waals surface area contributed by atoms with E-state index in [0.29, 0.717) is 13.2 Å². The molecule has 3 rings (SSSR count). The van der Waals surface area contributed by atoms with Gasteiger partial charge in [-0.2, -0.15) is 11.8 Å². The van der Waals surface area contributed by atoms with Gasteiger partial charge < -0.3 is 14.8 Å². The summed E-state index contributed by atoms with van der Waals surface area (Å²) in [6.45, 7) is 3.33. The van der Waals surface area contributed by atoms with E-state index in [1.54, 1.807) is 0 Å².